The molecule has 100 valence electrons. The predicted octanol–water partition coefficient (Wildman–Crippen LogP) is 2.36. The minimum absolute atomic E-state index is 0.269. The summed E-state index contributed by atoms with van der Waals surface area (Å²) in [6.07, 6.45) is 0.591. The first kappa shape index (κ1) is 13.3. The summed E-state index contributed by atoms with van der Waals surface area (Å²) in [6, 6.07) is 3.37. The molecule has 0 aromatic carbocycles. The third-order valence-electron chi connectivity index (χ3n) is 3.30. The fourth-order valence-electron chi connectivity index (χ4n) is 2.25. The van der Waals surface area contributed by atoms with Gasteiger partial charge in [-0.25, -0.2) is 4.79 Å². The number of aromatic carboxylic acids is 1. The molecule has 0 radical (unpaired) electrons. The van der Waals surface area contributed by atoms with Crippen molar-refractivity contribution in [1.82, 2.24) is 14.8 Å². The number of rotatable bonds is 3. The summed E-state index contributed by atoms with van der Waals surface area (Å²) in [5.74, 6) is -0.935. The number of aryl methyl sites for hydroxylation is 3. The second-order valence-electron chi connectivity index (χ2n) is 4.52. The van der Waals surface area contributed by atoms with Crippen molar-refractivity contribution in [2.75, 3.05) is 0 Å². The fraction of sp³-hybridized carbons (Fsp3) is 0.357. The van der Waals surface area contributed by atoms with E-state index in [2.05, 4.69) is 10.1 Å². The Morgan fingerprint density at radius 1 is 1.37 bits per heavy atom. The van der Waals surface area contributed by atoms with Gasteiger partial charge < -0.3 is 5.11 Å². The van der Waals surface area contributed by atoms with Gasteiger partial charge in [0.15, 0.2) is 0 Å². The number of hydrogen-bond acceptors (Lipinski definition) is 3. The topological polar surface area (TPSA) is 68.0 Å². The van der Waals surface area contributed by atoms with E-state index in [1.54, 1.807) is 12.1 Å². The molecule has 0 atom stereocenters. The highest BCUT2D eigenvalue weighted by Crippen LogP contribution is 2.26. The molecule has 19 heavy (non-hydrogen) atoms. The Balaban J connectivity index is 2.61. The maximum atomic E-state index is 11.1. The van der Waals surface area contributed by atoms with Crippen molar-refractivity contribution in [2.45, 2.75) is 27.2 Å². The van der Waals surface area contributed by atoms with E-state index < -0.39 is 5.97 Å². The van der Waals surface area contributed by atoms with Crippen molar-refractivity contribution >= 4 is 5.97 Å². The van der Waals surface area contributed by atoms with Crippen LogP contribution >= 0.6 is 0 Å². The number of carboxylic acid groups (broad SMARTS) is 1. The van der Waals surface area contributed by atoms with E-state index in [1.165, 1.54) is 0 Å². The van der Waals surface area contributed by atoms with Crippen LogP contribution in [0.2, 0.25) is 0 Å². The summed E-state index contributed by atoms with van der Waals surface area (Å²) >= 11 is 0. The second kappa shape index (κ2) is 4.84. The molecule has 0 bridgehead atoms. The number of hydrogen-bond donors (Lipinski definition) is 1. The van der Waals surface area contributed by atoms with Gasteiger partial charge in [0.05, 0.1) is 22.6 Å². The molecule has 5 nitrogen and oxygen atoms in total. The summed E-state index contributed by atoms with van der Waals surface area (Å²) in [4.78, 5) is 15.6. The summed E-state index contributed by atoms with van der Waals surface area (Å²) in [6.45, 7) is 5.82. The van der Waals surface area contributed by atoms with Gasteiger partial charge in [0.2, 0.25) is 0 Å². The monoisotopic (exact) mass is 259 g/mol. The van der Waals surface area contributed by atoms with E-state index in [9.17, 15) is 4.79 Å². The van der Waals surface area contributed by atoms with E-state index in [-0.39, 0.29) is 5.56 Å². The molecule has 0 aliphatic rings. The van der Waals surface area contributed by atoms with Crippen LogP contribution in [-0.2, 0) is 13.5 Å². The lowest BCUT2D eigenvalue weighted by Crippen LogP contribution is -2.05. The zero-order chi connectivity index (χ0) is 14.2. The normalized spacial score (nSPS) is 10.7. The van der Waals surface area contributed by atoms with Gasteiger partial charge in [-0.2, -0.15) is 5.10 Å². The number of carboxylic acids is 1. The first-order valence-corrected chi connectivity index (χ1v) is 6.19. The van der Waals surface area contributed by atoms with Crippen LogP contribution in [0.5, 0.6) is 0 Å². The Kier molecular flexibility index (Phi) is 3.38. The van der Waals surface area contributed by atoms with Crippen LogP contribution in [0.15, 0.2) is 12.1 Å². The first-order chi connectivity index (χ1) is 8.95. The Bertz CT molecular complexity index is 644. The number of nitrogens with zero attached hydrogens (tertiary/aromatic N) is 3. The zero-order valence-corrected chi connectivity index (χ0v) is 11.6. The summed E-state index contributed by atoms with van der Waals surface area (Å²) < 4.78 is 1.81. The molecular weight excluding hydrogens is 242 g/mol. The molecular formula is C14H17N3O2. The Morgan fingerprint density at radius 2 is 2.05 bits per heavy atom. The molecule has 2 rings (SSSR count). The number of pyridine rings is 1. The molecule has 0 amide bonds. The van der Waals surface area contributed by atoms with Crippen LogP contribution in [0.1, 0.15) is 34.4 Å². The molecule has 5 heteroatoms. The minimum Gasteiger partial charge on any atom is -0.478 e. The third kappa shape index (κ3) is 2.23. The molecule has 1 N–H and O–H groups in total. The van der Waals surface area contributed by atoms with Gasteiger partial charge in [0.25, 0.3) is 0 Å². The molecule has 0 saturated heterocycles. The van der Waals surface area contributed by atoms with Crippen LogP contribution in [0.4, 0.5) is 0 Å². The first-order valence-electron chi connectivity index (χ1n) is 6.19. The average molecular weight is 259 g/mol. The van der Waals surface area contributed by atoms with Crippen molar-refractivity contribution < 1.29 is 9.90 Å². The van der Waals surface area contributed by atoms with Gasteiger partial charge in [-0.1, -0.05) is 6.92 Å². The number of aromatic nitrogens is 3. The summed E-state index contributed by atoms with van der Waals surface area (Å²) in [7, 11) is 1.89. The van der Waals surface area contributed by atoms with Crippen molar-refractivity contribution in [3.8, 4) is 11.3 Å². The van der Waals surface area contributed by atoms with E-state index in [1.807, 2.05) is 32.5 Å². The molecule has 0 spiro atoms. The standard InChI is InChI=1S/C14H17N3O2/c1-5-11-10(14(18)19)6-7-12(15-11)13-8(2)16-17(4)9(13)3/h6-7H,5H2,1-4H3,(H,18,19). The van der Waals surface area contributed by atoms with Crippen LogP contribution in [-0.4, -0.2) is 25.8 Å². The largest absolute Gasteiger partial charge is 0.478 e. The van der Waals surface area contributed by atoms with Crippen LogP contribution in [0.3, 0.4) is 0 Å². The molecule has 0 aliphatic heterocycles. The molecule has 0 aliphatic carbocycles. The average Bonchev–Trinajstić information content (AvgIpc) is 2.62. The van der Waals surface area contributed by atoms with Crippen molar-refractivity contribution in [2.24, 2.45) is 7.05 Å². The van der Waals surface area contributed by atoms with E-state index >= 15 is 0 Å². The molecule has 2 heterocycles. The highest BCUT2D eigenvalue weighted by atomic mass is 16.4. The van der Waals surface area contributed by atoms with E-state index in [4.69, 9.17) is 5.11 Å². The third-order valence-corrected chi connectivity index (χ3v) is 3.30. The molecule has 0 saturated carbocycles. The minimum atomic E-state index is -0.935. The lowest BCUT2D eigenvalue weighted by Gasteiger charge is -2.07. The fourth-order valence-corrected chi connectivity index (χ4v) is 2.25. The quantitative estimate of drug-likeness (QED) is 0.918. The summed E-state index contributed by atoms with van der Waals surface area (Å²) in [5, 5.41) is 13.5. The van der Waals surface area contributed by atoms with Crippen LogP contribution in [0.25, 0.3) is 11.3 Å². The SMILES string of the molecule is CCc1nc(-c2c(C)nn(C)c2C)ccc1C(=O)O. The smallest absolute Gasteiger partial charge is 0.337 e. The van der Waals surface area contributed by atoms with Gasteiger partial charge in [0.1, 0.15) is 0 Å². The van der Waals surface area contributed by atoms with Gasteiger partial charge in [-0.05, 0) is 32.4 Å². The van der Waals surface area contributed by atoms with E-state index in [0.717, 1.165) is 22.6 Å². The molecule has 2 aromatic heterocycles. The van der Waals surface area contributed by atoms with Gasteiger partial charge in [-0.15, -0.1) is 0 Å². The molecule has 0 fully saturated rings. The van der Waals surface area contributed by atoms with Gasteiger partial charge >= 0.3 is 5.97 Å². The predicted molar refractivity (Wildman–Crippen MR) is 72.3 cm³/mol. The molecule has 0 unspecified atom stereocenters. The highest BCUT2D eigenvalue weighted by Gasteiger charge is 2.16. The van der Waals surface area contributed by atoms with Crippen molar-refractivity contribution in [3.05, 3.63) is 34.8 Å². The Hall–Kier alpha value is -2.17. The maximum Gasteiger partial charge on any atom is 0.337 e. The van der Waals surface area contributed by atoms with Crippen LogP contribution in [0, 0.1) is 13.8 Å². The van der Waals surface area contributed by atoms with Crippen LogP contribution < -0.4 is 0 Å². The van der Waals surface area contributed by atoms with Crippen molar-refractivity contribution in [1.29, 1.82) is 0 Å². The zero-order valence-electron chi connectivity index (χ0n) is 11.6. The lowest BCUT2D eigenvalue weighted by molar-refractivity contribution is 0.0695. The number of carbonyl (C=O) groups is 1. The van der Waals surface area contributed by atoms with Gasteiger partial charge in [-0.3, -0.25) is 9.67 Å². The van der Waals surface area contributed by atoms with Crippen molar-refractivity contribution in [3.63, 3.8) is 0 Å². The second-order valence-corrected chi connectivity index (χ2v) is 4.52. The molecule has 2 aromatic rings. The Morgan fingerprint density at radius 3 is 2.53 bits per heavy atom. The summed E-state index contributed by atoms with van der Waals surface area (Å²) in [5.41, 5.74) is 4.56. The van der Waals surface area contributed by atoms with E-state index in [0.29, 0.717) is 12.1 Å². The van der Waals surface area contributed by atoms with Gasteiger partial charge in [0, 0.05) is 18.3 Å². The lowest BCUT2D eigenvalue weighted by atomic mass is 10.1. The Labute approximate surface area is 111 Å². The maximum absolute atomic E-state index is 11.1. The highest BCUT2D eigenvalue weighted by molar-refractivity contribution is 5.89.